The number of carbonyl (C=O) groups is 1. The highest BCUT2D eigenvalue weighted by molar-refractivity contribution is 14.1. The van der Waals surface area contributed by atoms with E-state index in [9.17, 15) is 4.79 Å². The molecule has 2 rings (SSSR count). The van der Waals surface area contributed by atoms with Crippen molar-refractivity contribution in [3.63, 3.8) is 0 Å². The predicted molar refractivity (Wildman–Crippen MR) is 62.8 cm³/mol. The third kappa shape index (κ3) is 1.43. The van der Waals surface area contributed by atoms with Crippen LogP contribution in [0.4, 0.5) is 5.95 Å². The average Bonchev–Trinajstić information content (AvgIpc) is 2.49. The second-order valence-electron chi connectivity index (χ2n) is 3.50. The zero-order valence-electron chi connectivity index (χ0n) is 8.20. The highest BCUT2D eigenvalue weighted by Crippen LogP contribution is 2.23. The quantitative estimate of drug-likeness (QED) is 0.536. The van der Waals surface area contributed by atoms with Crippen molar-refractivity contribution in [3.8, 4) is 0 Å². The van der Waals surface area contributed by atoms with Gasteiger partial charge in [0.25, 0.3) is 0 Å². The minimum Gasteiger partial charge on any atom is -0.314 e. The number of alkyl halides is 1. The first-order valence-electron chi connectivity index (χ1n) is 4.55. The topological polar surface area (TPSA) is 38.1 Å². The van der Waals surface area contributed by atoms with E-state index in [2.05, 4.69) is 32.1 Å². The fourth-order valence-corrected chi connectivity index (χ4v) is 2.36. The Morgan fingerprint density at radius 2 is 2.36 bits per heavy atom. The minimum atomic E-state index is 0.0682. The number of fused-ring (bicyclic) bond motifs is 1. The first kappa shape index (κ1) is 9.95. The predicted octanol–water partition coefficient (Wildman–Crippen LogP) is 1.36. The Morgan fingerprint density at radius 3 is 3.07 bits per heavy atom. The third-order valence-electron chi connectivity index (χ3n) is 2.54. The monoisotopic (exact) mass is 305 g/mol. The molecule has 1 aliphatic heterocycles. The van der Waals surface area contributed by atoms with Crippen LogP contribution in [0.25, 0.3) is 0 Å². The van der Waals surface area contributed by atoms with E-state index in [1.807, 2.05) is 13.1 Å². The van der Waals surface area contributed by atoms with Crippen LogP contribution in [0.15, 0.2) is 6.20 Å². The molecule has 0 saturated carbocycles. The minimum absolute atomic E-state index is 0.0682. The molecule has 0 spiro atoms. The molecular weight excluding hydrogens is 293 g/mol. The summed E-state index contributed by atoms with van der Waals surface area (Å²) in [4.78, 5) is 17.7. The van der Waals surface area contributed by atoms with Gasteiger partial charge in [-0.2, -0.15) is 0 Å². The molecule has 0 radical (unpaired) electrons. The Balaban J connectivity index is 2.45. The van der Waals surface area contributed by atoms with Crippen LogP contribution in [0.5, 0.6) is 0 Å². The number of nitrogens with zero attached hydrogens (tertiary/aromatic N) is 3. The molecule has 76 valence electrons. The second-order valence-corrected chi connectivity index (χ2v) is 5.01. The lowest BCUT2D eigenvalue weighted by molar-refractivity contribution is -0.117. The summed E-state index contributed by atoms with van der Waals surface area (Å²) in [7, 11) is 1.79. The SMILES string of the molecule is Cc1cnc2n1CCC(I)C(=O)N2C. The smallest absolute Gasteiger partial charge is 0.242 e. The van der Waals surface area contributed by atoms with Crippen molar-refractivity contribution in [2.24, 2.45) is 0 Å². The highest BCUT2D eigenvalue weighted by Gasteiger charge is 2.27. The van der Waals surface area contributed by atoms with E-state index >= 15 is 0 Å². The molecule has 5 heteroatoms. The van der Waals surface area contributed by atoms with Crippen LogP contribution in [-0.2, 0) is 11.3 Å². The fraction of sp³-hybridized carbons (Fsp3) is 0.556. The van der Waals surface area contributed by atoms with E-state index in [-0.39, 0.29) is 9.83 Å². The molecule has 0 aliphatic carbocycles. The Bertz CT molecular complexity index is 374. The Morgan fingerprint density at radius 1 is 1.64 bits per heavy atom. The van der Waals surface area contributed by atoms with E-state index in [0.29, 0.717) is 0 Å². The molecule has 14 heavy (non-hydrogen) atoms. The maximum absolute atomic E-state index is 11.8. The van der Waals surface area contributed by atoms with Gasteiger partial charge in [0.2, 0.25) is 11.9 Å². The van der Waals surface area contributed by atoms with Gasteiger partial charge < -0.3 is 4.57 Å². The van der Waals surface area contributed by atoms with Crippen molar-refractivity contribution in [2.75, 3.05) is 11.9 Å². The molecule has 0 fully saturated rings. The van der Waals surface area contributed by atoms with E-state index in [1.165, 1.54) is 0 Å². The van der Waals surface area contributed by atoms with Gasteiger partial charge in [-0.05, 0) is 13.3 Å². The Hall–Kier alpha value is -0.590. The molecule has 2 heterocycles. The van der Waals surface area contributed by atoms with Crippen LogP contribution in [-0.4, -0.2) is 26.4 Å². The van der Waals surface area contributed by atoms with Crippen molar-refractivity contribution in [2.45, 2.75) is 23.8 Å². The number of carbonyl (C=O) groups excluding carboxylic acids is 1. The van der Waals surface area contributed by atoms with Gasteiger partial charge >= 0.3 is 0 Å². The molecule has 0 bridgehead atoms. The molecule has 1 aromatic rings. The maximum Gasteiger partial charge on any atom is 0.242 e. The summed E-state index contributed by atoms with van der Waals surface area (Å²) in [6.07, 6.45) is 2.70. The number of anilines is 1. The first-order chi connectivity index (χ1) is 6.61. The van der Waals surface area contributed by atoms with E-state index in [0.717, 1.165) is 24.6 Å². The number of amides is 1. The molecule has 1 unspecified atom stereocenters. The summed E-state index contributed by atoms with van der Waals surface area (Å²) >= 11 is 2.20. The average molecular weight is 305 g/mol. The number of hydrogen-bond donors (Lipinski definition) is 0. The third-order valence-corrected chi connectivity index (χ3v) is 3.69. The summed E-state index contributed by atoms with van der Waals surface area (Å²) in [5.74, 6) is 0.918. The van der Waals surface area contributed by atoms with Crippen LogP contribution in [0.1, 0.15) is 12.1 Å². The summed E-state index contributed by atoms with van der Waals surface area (Å²) in [6, 6.07) is 0. The molecule has 4 nitrogen and oxygen atoms in total. The van der Waals surface area contributed by atoms with Crippen molar-refractivity contribution < 1.29 is 4.79 Å². The van der Waals surface area contributed by atoms with Gasteiger partial charge in [0.1, 0.15) is 0 Å². The van der Waals surface area contributed by atoms with Crippen molar-refractivity contribution >= 4 is 34.4 Å². The molecule has 0 aromatic carbocycles. The number of aryl methyl sites for hydroxylation is 1. The van der Waals surface area contributed by atoms with Crippen LogP contribution in [0.3, 0.4) is 0 Å². The summed E-state index contributed by atoms with van der Waals surface area (Å²) in [5, 5.41) is 0. The molecule has 1 aromatic heterocycles. The lowest BCUT2D eigenvalue weighted by atomic mass is 10.3. The van der Waals surface area contributed by atoms with Gasteiger partial charge in [-0.15, -0.1) is 0 Å². The van der Waals surface area contributed by atoms with Gasteiger partial charge in [0.15, 0.2) is 0 Å². The normalized spacial score (nSPS) is 22.1. The van der Waals surface area contributed by atoms with E-state index < -0.39 is 0 Å². The second kappa shape index (κ2) is 3.52. The molecule has 0 N–H and O–H groups in total. The number of aromatic nitrogens is 2. The number of halogens is 1. The number of imidazole rings is 1. The first-order valence-corrected chi connectivity index (χ1v) is 5.79. The largest absolute Gasteiger partial charge is 0.314 e. The molecular formula is C9H12IN3O. The van der Waals surface area contributed by atoms with Crippen molar-refractivity contribution in [3.05, 3.63) is 11.9 Å². The van der Waals surface area contributed by atoms with Gasteiger partial charge in [-0.25, -0.2) is 4.98 Å². The van der Waals surface area contributed by atoms with Crippen LogP contribution in [0.2, 0.25) is 0 Å². The van der Waals surface area contributed by atoms with E-state index in [4.69, 9.17) is 0 Å². The Kier molecular flexibility index (Phi) is 2.50. The van der Waals surface area contributed by atoms with Crippen LogP contribution in [0, 0.1) is 6.92 Å². The number of rotatable bonds is 0. The Labute approximate surface area is 96.4 Å². The summed E-state index contributed by atoms with van der Waals surface area (Å²) < 4.78 is 2.16. The maximum atomic E-state index is 11.8. The molecule has 0 saturated heterocycles. The van der Waals surface area contributed by atoms with Crippen molar-refractivity contribution in [1.82, 2.24) is 9.55 Å². The van der Waals surface area contributed by atoms with E-state index in [1.54, 1.807) is 11.9 Å². The highest BCUT2D eigenvalue weighted by atomic mass is 127. The zero-order chi connectivity index (χ0) is 10.3. The molecule has 1 aliphatic rings. The fourth-order valence-electron chi connectivity index (χ4n) is 1.67. The molecule has 1 amide bonds. The van der Waals surface area contributed by atoms with Crippen LogP contribution >= 0.6 is 22.6 Å². The van der Waals surface area contributed by atoms with Gasteiger partial charge in [-0.1, -0.05) is 22.6 Å². The standard InChI is InChI=1S/C9H12IN3O/c1-6-5-11-9-12(2)8(14)7(10)3-4-13(6)9/h5,7H,3-4H2,1-2H3. The van der Waals surface area contributed by atoms with Crippen molar-refractivity contribution in [1.29, 1.82) is 0 Å². The molecule has 1 atom stereocenters. The lowest BCUT2D eigenvalue weighted by Crippen LogP contribution is -2.32. The number of hydrogen-bond acceptors (Lipinski definition) is 2. The summed E-state index contributed by atoms with van der Waals surface area (Å²) in [5.41, 5.74) is 1.12. The summed E-state index contributed by atoms with van der Waals surface area (Å²) in [6.45, 7) is 2.90. The van der Waals surface area contributed by atoms with Crippen LogP contribution < -0.4 is 4.90 Å². The zero-order valence-corrected chi connectivity index (χ0v) is 10.4. The van der Waals surface area contributed by atoms with Gasteiger partial charge in [0.05, 0.1) is 10.1 Å². The van der Waals surface area contributed by atoms with Gasteiger partial charge in [0, 0.05) is 19.3 Å². The lowest BCUT2D eigenvalue weighted by Gasteiger charge is -2.15. The van der Waals surface area contributed by atoms with Gasteiger partial charge in [-0.3, -0.25) is 9.69 Å².